The minimum absolute atomic E-state index is 0.115. The van der Waals surface area contributed by atoms with Crippen LogP contribution in [-0.2, 0) is 9.53 Å². The lowest BCUT2D eigenvalue weighted by Crippen LogP contribution is -2.61. The summed E-state index contributed by atoms with van der Waals surface area (Å²) in [4.78, 5) is 13.6. The van der Waals surface area contributed by atoms with Gasteiger partial charge in [0.1, 0.15) is 6.61 Å². The molecule has 15 heavy (non-hydrogen) atoms. The summed E-state index contributed by atoms with van der Waals surface area (Å²) in [7, 11) is 0. The fourth-order valence-electron chi connectivity index (χ4n) is 2.41. The van der Waals surface area contributed by atoms with Gasteiger partial charge < -0.3 is 15.0 Å². The van der Waals surface area contributed by atoms with E-state index in [4.69, 9.17) is 4.74 Å². The summed E-state index contributed by atoms with van der Waals surface area (Å²) < 4.78 is 5.75. The van der Waals surface area contributed by atoms with Gasteiger partial charge in [-0.15, -0.1) is 0 Å². The van der Waals surface area contributed by atoms with Crippen LogP contribution in [0.15, 0.2) is 0 Å². The molecular weight excluding hydrogens is 192 g/mol. The van der Waals surface area contributed by atoms with Gasteiger partial charge in [0, 0.05) is 12.6 Å². The minimum Gasteiger partial charge on any atom is -0.362 e. The highest BCUT2D eigenvalue weighted by molar-refractivity contribution is 5.78. The first-order valence-electron chi connectivity index (χ1n) is 5.77. The van der Waals surface area contributed by atoms with Crippen LogP contribution < -0.4 is 5.32 Å². The molecule has 0 radical (unpaired) electrons. The molecule has 0 aliphatic carbocycles. The topological polar surface area (TPSA) is 41.6 Å². The van der Waals surface area contributed by atoms with E-state index >= 15 is 0 Å². The van der Waals surface area contributed by atoms with Crippen LogP contribution in [0.1, 0.15) is 26.7 Å². The van der Waals surface area contributed by atoms with Crippen molar-refractivity contribution >= 4 is 5.91 Å². The smallest absolute Gasteiger partial charge is 0.248 e. The van der Waals surface area contributed by atoms with E-state index < -0.39 is 0 Å². The van der Waals surface area contributed by atoms with Crippen molar-refractivity contribution in [3.8, 4) is 0 Å². The molecule has 2 aliphatic heterocycles. The molecule has 1 spiro atoms. The number of rotatable bonds is 1. The van der Waals surface area contributed by atoms with Crippen LogP contribution in [0.25, 0.3) is 0 Å². The van der Waals surface area contributed by atoms with E-state index in [2.05, 4.69) is 19.2 Å². The van der Waals surface area contributed by atoms with E-state index in [0.717, 1.165) is 32.5 Å². The van der Waals surface area contributed by atoms with Gasteiger partial charge >= 0.3 is 0 Å². The van der Waals surface area contributed by atoms with Gasteiger partial charge in [0.2, 0.25) is 5.91 Å². The van der Waals surface area contributed by atoms with Crippen LogP contribution >= 0.6 is 0 Å². The van der Waals surface area contributed by atoms with Gasteiger partial charge in [0.15, 0.2) is 0 Å². The Bertz CT molecular complexity index is 247. The normalized spacial score (nSPS) is 32.7. The summed E-state index contributed by atoms with van der Waals surface area (Å²) in [6, 6.07) is 0.278. The van der Waals surface area contributed by atoms with Crippen LogP contribution in [0.2, 0.25) is 0 Å². The molecule has 1 unspecified atom stereocenters. The van der Waals surface area contributed by atoms with Gasteiger partial charge in [0.25, 0.3) is 0 Å². The van der Waals surface area contributed by atoms with Crippen LogP contribution in [0.3, 0.4) is 0 Å². The molecule has 2 rings (SSSR count). The molecule has 0 bridgehead atoms. The average molecular weight is 212 g/mol. The summed E-state index contributed by atoms with van der Waals surface area (Å²) in [5.74, 6) is 0.126. The second kappa shape index (κ2) is 4.10. The van der Waals surface area contributed by atoms with Crippen molar-refractivity contribution in [3.05, 3.63) is 0 Å². The van der Waals surface area contributed by atoms with Crippen molar-refractivity contribution in [1.29, 1.82) is 0 Å². The van der Waals surface area contributed by atoms with Gasteiger partial charge in [-0.25, -0.2) is 0 Å². The number of carbonyl (C=O) groups is 1. The Morgan fingerprint density at radius 3 is 2.93 bits per heavy atom. The highest BCUT2D eigenvalue weighted by Crippen LogP contribution is 2.26. The van der Waals surface area contributed by atoms with Gasteiger partial charge in [-0.05, 0) is 33.2 Å². The number of hydrogen-bond acceptors (Lipinski definition) is 3. The highest BCUT2D eigenvalue weighted by Gasteiger charge is 2.41. The van der Waals surface area contributed by atoms with Crippen molar-refractivity contribution in [2.24, 2.45) is 0 Å². The summed E-state index contributed by atoms with van der Waals surface area (Å²) in [6.45, 7) is 7.07. The van der Waals surface area contributed by atoms with Crippen molar-refractivity contribution in [2.45, 2.75) is 38.3 Å². The Balaban J connectivity index is 2.06. The third kappa shape index (κ3) is 2.16. The van der Waals surface area contributed by atoms with Gasteiger partial charge in [-0.3, -0.25) is 4.79 Å². The lowest BCUT2D eigenvalue weighted by molar-refractivity contribution is -0.169. The van der Waals surface area contributed by atoms with E-state index in [1.807, 2.05) is 4.90 Å². The molecule has 0 aromatic carbocycles. The Kier molecular flexibility index (Phi) is 2.98. The first-order chi connectivity index (χ1) is 7.13. The Morgan fingerprint density at radius 2 is 2.33 bits per heavy atom. The van der Waals surface area contributed by atoms with Crippen LogP contribution in [0.5, 0.6) is 0 Å². The second-order valence-corrected chi connectivity index (χ2v) is 4.87. The van der Waals surface area contributed by atoms with E-state index in [0.29, 0.717) is 0 Å². The third-order valence-electron chi connectivity index (χ3n) is 3.34. The number of hydrogen-bond donors (Lipinski definition) is 1. The molecule has 0 saturated carbocycles. The Morgan fingerprint density at radius 1 is 1.53 bits per heavy atom. The maximum absolute atomic E-state index is 11.6. The third-order valence-corrected chi connectivity index (χ3v) is 3.34. The number of morpholine rings is 1. The Hall–Kier alpha value is -0.610. The molecule has 4 nitrogen and oxygen atoms in total. The zero-order chi connectivity index (χ0) is 10.9. The molecule has 2 heterocycles. The zero-order valence-corrected chi connectivity index (χ0v) is 9.58. The summed E-state index contributed by atoms with van der Waals surface area (Å²) in [5, 5.41) is 3.36. The first-order valence-corrected chi connectivity index (χ1v) is 5.77. The van der Waals surface area contributed by atoms with Gasteiger partial charge in [-0.1, -0.05) is 0 Å². The van der Waals surface area contributed by atoms with Crippen molar-refractivity contribution in [1.82, 2.24) is 10.2 Å². The Labute approximate surface area is 91.0 Å². The highest BCUT2D eigenvalue weighted by atomic mass is 16.5. The lowest BCUT2D eigenvalue weighted by atomic mass is 9.91. The number of piperidine rings is 1. The van der Waals surface area contributed by atoms with Crippen molar-refractivity contribution < 1.29 is 9.53 Å². The molecule has 2 fully saturated rings. The van der Waals surface area contributed by atoms with E-state index in [9.17, 15) is 4.79 Å². The zero-order valence-electron chi connectivity index (χ0n) is 9.58. The molecule has 1 amide bonds. The SMILES string of the molecule is CC(C)N1CC2(CCCNC2)OCC1=O. The van der Waals surface area contributed by atoms with E-state index in [1.54, 1.807) is 0 Å². The number of nitrogens with zero attached hydrogens (tertiary/aromatic N) is 1. The minimum atomic E-state index is -0.115. The van der Waals surface area contributed by atoms with Crippen molar-refractivity contribution in [3.63, 3.8) is 0 Å². The summed E-state index contributed by atoms with van der Waals surface area (Å²) >= 11 is 0. The van der Waals surface area contributed by atoms with E-state index in [-0.39, 0.29) is 24.2 Å². The number of nitrogens with one attached hydrogen (secondary N) is 1. The number of amides is 1. The maximum atomic E-state index is 11.6. The molecule has 4 heteroatoms. The molecular formula is C11H20N2O2. The molecule has 0 aromatic heterocycles. The quantitative estimate of drug-likeness (QED) is 0.683. The standard InChI is InChI=1S/C11H20N2O2/c1-9(2)13-8-11(15-6-10(13)14)4-3-5-12-7-11/h9,12H,3-8H2,1-2H3. The van der Waals surface area contributed by atoms with Crippen molar-refractivity contribution in [2.75, 3.05) is 26.2 Å². The average Bonchev–Trinajstić information content (AvgIpc) is 2.23. The fraction of sp³-hybridized carbons (Fsp3) is 0.909. The monoisotopic (exact) mass is 212 g/mol. The molecule has 1 N–H and O–H groups in total. The number of ether oxygens (including phenoxy) is 1. The van der Waals surface area contributed by atoms with Crippen LogP contribution in [0, 0.1) is 0 Å². The number of carbonyl (C=O) groups excluding carboxylic acids is 1. The second-order valence-electron chi connectivity index (χ2n) is 4.87. The molecule has 1 atom stereocenters. The van der Waals surface area contributed by atoms with Crippen LogP contribution in [-0.4, -0.2) is 48.7 Å². The predicted octanol–water partition coefficient (Wildman–Crippen LogP) is 0.376. The van der Waals surface area contributed by atoms with Crippen LogP contribution in [0.4, 0.5) is 0 Å². The fourth-order valence-corrected chi connectivity index (χ4v) is 2.41. The van der Waals surface area contributed by atoms with Gasteiger partial charge in [-0.2, -0.15) is 0 Å². The summed E-state index contributed by atoms with van der Waals surface area (Å²) in [6.07, 6.45) is 2.20. The summed E-state index contributed by atoms with van der Waals surface area (Å²) in [5.41, 5.74) is -0.115. The maximum Gasteiger partial charge on any atom is 0.248 e. The lowest BCUT2D eigenvalue weighted by Gasteiger charge is -2.46. The first kappa shape index (κ1) is 10.9. The van der Waals surface area contributed by atoms with E-state index in [1.165, 1.54) is 0 Å². The molecule has 2 aliphatic rings. The predicted molar refractivity (Wildman–Crippen MR) is 57.6 cm³/mol. The molecule has 2 saturated heterocycles. The molecule has 86 valence electrons. The largest absolute Gasteiger partial charge is 0.362 e. The molecule has 0 aromatic rings. The van der Waals surface area contributed by atoms with Gasteiger partial charge in [0.05, 0.1) is 12.1 Å².